The van der Waals surface area contributed by atoms with Crippen LogP contribution in [0.1, 0.15) is 31.2 Å². The molecule has 4 rings (SSSR count). The highest BCUT2D eigenvalue weighted by molar-refractivity contribution is 7.89. The molecule has 2 saturated heterocycles. The summed E-state index contributed by atoms with van der Waals surface area (Å²) in [5.41, 5.74) is 0.654. The van der Waals surface area contributed by atoms with Crippen LogP contribution in [0.5, 0.6) is 0 Å². The van der Waals surface area contributed by atoms with E-state index in [4.69, 9.17) is 4.74 Å². The van der Waals surface area contributed by atoms with E-state index in [0.29, 0.717) is 25.3 Å². The molecule has 0 amide bonds. The first kappa shape index (κ1) is 23.3. The zero-order chi connectivity index (χ0) is 22.8. The molecule has 2 heterocycles. The second kappa shape index (κ2) is 9.56. The van der Waals surface area contributed by atoms with Crippen LogP contribution in [0.4, 0.5) is 4.39 Å². The van der Waals surface area contributed by atoms with Gasteiger partial charge in [0.2, 0.25) is 20.0 Å². The van der Waals surface area contributed by atoms with Crippen molar-refractivity contribution in [1.82, 2.24) is 8.61 Å². The van der Waals surface area contributed by atoms with Crippen LogP contribution in [0.2, 0.25) is 0 Å². The van der Waals surface area contributed by atoms with Gasteiger partial charge in [-0.2, -0.15) is 8.61 Å². The Morgan fingerprint density at radius 3 is 2.12 bits per heavy atom. The third-order valence-electron chi connectivity index (χ3n) is 5.87. The summed E-state index contributed by atoms with van der Waals surface area (Å²) in [6.45, 7) is 1.80. The number of hydrogen-bond donors (Lipinski definition) is 0. The molecule has 0 spiro atoms. The van der Waals surface area contributed by atoms with E-state index in [2.05, 4.69) is 0 Å². The highest BCUT2D eigenvalue weighted by Gasteiger charge is 2.31. The summed E-state index contributed by atoms with van der Waals surface area (Å²) >= 11 is 0. The van der Waals surface area contributed by atoms with Crippen molar-refractivity contribution in [3.63, 3.8) is 0 Å². The molecule has 0 N–H and O–H groups in total. The Labute approximate surface area is 188 Å². The molecule has 0 bridgehead atoms. The van der Waals surface area contributed by atoms with Crippen LogP contribution in [0.25, 0.3) is 0 Å². The van der Waals surface area contributed by atoms with Crippen LogP contribution in [0.3, 0.4) is 0 Å². The molecule has 0 aliphatic carbocycles. The molecule has 10 heteroatoms. The second-order valence-corrected chi connectivity index (χ2v) is 12.0. The molecule has 2 aliphatic heterocycles. The predicted molar refractivity (Wildman–Crippen MR) is 117 cm³/mol. The lowest BCUT2D eigenvalue weighted by atomic mass is 10.2. The van der Waals surface area contributed by atoms with Crippen molar-refractivity contribution >= 4 is 20.0 Å². The number of benzene rings is 2. The molecule has 174 valence electrons. The van der Waals surface area contributed by atoms with Gasteiger partial charge in [0.15, 0.2) is 0 Å². The normalized spacial score (nSPS) is 20.2. The minimum Gasteiger partial charge on any atom is -0.377 e. The molecule has 1 atom stereocenters. The van der Waals surface area contributed by atoms with Gasteiger partial charge in [-0.15, -0.1) is 0 Å². The minimum absolute atomic E-state index is 0.0120. The van der Waals surface area contributed by atoms with Crippen molar-refractivity contribution < 1.29 is 26.0 Å². The zero-order valence-electron chi connectivity index (χ0n) is 17.7. The Morgan fingerprint density at radius 2 is 1.53 bits per heavy atom. The molecule has 0 saturated carbocycles. The van der Waals surface area contributed by atoms with Gasteiger partial charge in [-0.05, 0) is 67.6 Å². The summed E-state index contributed by atoms with van der Waals surface area (Å²) in [7, 11) is -7.55. The van der Waals surface area contributed by atoms with Crippen molar-refractivity contribution in [2.75, 3.05) is 26.2 Å². The van der Waals surface area contributed by atoms with Crippen LogP contribution < -0.4 is 0 Å². The van der Waals surface area contributed by atoms with Crippen LogP contribution >= 0.6 is 0 Å². The summed E-state index contributed by atoms with van der Waals surface area (Å²) < 4.78 is 74.1. The summed E-state index contributed by atoms with van der Waals surface area (Å²) in [5.74, 6) is -0.392. The third kappa shape index (κ3) is 5.04. The van der Waals surface area contributed by atoms with E-state index in [9.17, 15) is 21.2 Å². The van der Waals surface area contributed by atoms with E-state index in [-0.39, 0.29) is 29.0 Å². The lowest BCUT2D eigenvalue weighted by Gasteiger charge is -2.25. The zero-order valence-corrected chi connectivity index (χ0v) is 19.3. The van der Waals surface area contributed by atoms with Crippen molar-refractivity contribution in [3.05, 3.63) is 59.9 Å². The molecule has 2 aromatic carbocycles. The molecule has 2 fully saturated rings. The summed E-state index contributed by atoms with van der Waals surface area (Å²) in [6, 6.07) is 11.1. The Bertz CT molecular complexity index is 1120. The maximum atomic E-state index is 13.4. The van der Waals surface area contributed by atoms with E-state index in [0.717, 1.165) is 25.7 Å². The van der Waals surface area contributed by atoms with Crippen LogP contribution in [-0.2, 0) is 31.3 Å². The van der Waals surface area contributed by atoms with Crippen molar-refractivity contribution in [3.8, 4) is 0 Å². The first-order chi connectivity index (χ1) is 15.3. The highest BCUT2D eigenvalue weighted by atomic mass is 32.2. The van der Waals surface area contributed by atoms with Crippen LogP contribution in [0, 0.1) is 5.82 Å². The van der Waals surface area contributed by atoms with Crippen molar-refractivity contribution in [1.29, 1.82) is 0 Å². The molecule has 2 aliphatic rings. The molecular weight excluding hydrogens is 455 g/mol. The van der Waals surface area contributed by atoms with Gasteiger partial charge < -0.3 is 4.74 Å². The fourth-order valence-electron chi connectivity index (χ4n) is 4.07. The molecule has 0 radical (unpaired) electrons. The van der Waals surface area contributed by atoms with E-state index in [1.54, 1.807) is 12.1 Å². The van der Waals surface area contributed by atoms with Crippen LogP contribution in [0.15, 0.2) is 58.3 Å². The molecular formula is C22H27FN2O5S2. The maximum Gasteiger partial charge on any atom is 0.243 e. The van der Waals surface area contributed by atoms with Gasteiger partial charge in [0.1, 0.15) is 5.82 Å². The number of halogens is 1. The van der Waals surface area contributed by atoms with Crippen LogP contribution in [-0.4, -0.2) is 57.8 Å². The lowest BCUT2D eigenvalue weighted by molar-refractivity contribution is 0.0926. The molecule has 2 aromatic rings. The predicted octanol–water partition coefficient (Wildman–Crippen LogP) is 2.98. The first-order valence-electron chi connectivity index (χ1n) is 10.7. The Hall–Kier alpha value is -1.85. The number of nitrogens with zero attached hydrogens (tertiary/aromatic N) is 2. The lowest BCUT2D eigenvalue weighted by Crippen LogP contribution is -2.37. The topological polar surface area (TPSA) is 84.0 Å². The molecule has 32 heavy (non-hydrogen) atoms. The number of hydrogen-bond acceptors (Lipinski definition) is 5. The number of rotatable bonds is 8. The Morgan fingerprint density at radius 1 is 0.906 bits per heavy atom. The smallest absolute Gasteiger partial charge is 0.243 e. The molecule has 0 unspecified atom stereocenters. The number of ether oxygens (including phenoxy) is 1. The highest BCUT2D eigenvalue weighted by Crippen LogP contribution is 2.26. The first-order valence-corrected chi connectivity index (χ1v) is 13.6. The van der Waals surface area contributed by atoms with E-state index in [1.165, 1.54) is 45.0 Å². The monoisotopic (exact) mass is 482 g/mol. The largest absolute Gasteiger partial charge is 0.377 e. The summed E-state index contributed by atoms with van der Waals surface area (Å²) in [6.07, 6.45) is 3.08. The van der Waals surface area contributed by atoms with E-state index in [1.807, 2.05) is 0 Å². The Kier molecular flexibility index (Phi) is 6.97. The van der Waals surface area contributed by atoms with Gasteiger partial charge in [0.05, 0.1) is 15.9 Å². The quantitative estimate of drug-likeness (QED) is 0.578. The van der Waals surface area contributed by atoms with Gasteiger partial charge in [0, 0.05) is 32.8 Å². The summed E-state index contributed by atoms with van der Waals surface area (Å²) in [5, 5.41) is 0. The standard InChI is InChI=1S/C22H27FN2O5S2/c23-19-7-5-18(6-8-19)16-25(17-20-4-3-15-30-20)32(28,29)22-11-9-21(10-12-22)31(26,27)24-13-1-2-14-24/h5-12,20H,1-4,13-17H2/t20-/m1/s1. The minimum atomic E-state index is -3.93. The fourth-order valence-corrected chi connectivity index (χ4v) is 7.04. The Balaban J connectivity index is 1.59. The van der Waals surface area contributed by atoms with Gasteiger partial charge in [-0.3, -0.25) is 0 Å². The van der Waals surface area contributed by atoms with Gasteiger partial charge in [-0.25, -0.2) is 21.2 Å². The second-order valence-electron chi connectivity index (χ2n) is 8.14. The third-order valence-corrected chi connectivity index (χ3v) is 9.61. The average Bonchev–Trinajstić information content (AvgIpc) is 3.49. The molecule has 0 aromatic heterocycles. The maximum absolute atomic E-state index is 13.4. The van der Waals surface area contributed by atoms with Gasteiger partial charge in [0.25, 0.3) is 0 Å². The van der Waals surface area contributed by atoms with Crippen molar-refractivity contribution in [2.24, 2.45) is 0 Å². The van der Waals surface area contributed by atoms with E-state index >= 15 is 0 Å². The number of sulfonamides is 2. The van der Waals surface area contributed by atoms with Gasteiger partial charge in [-0.1, -0.05) is 12.1 Å². The summed E-state index contributed by atoms with van der Waals surface area (Å²) in [4.78, 5) is 0.0977. The molecule has 7 nitrogen and oxygen atoms in total. The van der Waals surface area contributed by atoms with Gasteiger partial charge >= 0.3 is 0 Å². The fraction of sp³-hybridized carbons (Fsp3) is 0.455. The van der Waals surface area contributed by atoms with E-state index < -0.39 is 25.9 Å². The average molecular weight is 483 g/mol. The van der Waals surface area contributed by atoms with Crippen molar-refractivity contribution in [2.45, 2.75) is 48.1 Å². The SMILES string of the molecule is O=S(=O)(c1ccc(S(=O)(=O)N(Cc2ccc(F)cc2)C[C@H]2CCCO2)cc1)N1CCCC1.